The van der Waals surface area contributed by atoms with E-state index in [0.717, 1.165) is 5.56 Å². The van der Waals surface area contributed by atoms with E-state index in [9.17, 15) is 9.90 Å². The van der Waals surface area contributed by atoms with Gasteiger partial charge in [-0.3, -0.25) is 9.78 Å². The zero-order valence-corrected chi connectivity index (χ0v) is 10.3. The van der Waals surface area contributed by atoms with Crippen LogP contribution in [0.15, 0.2) is 48.8 Å². The van der Waals surface area contributed by atoms with Crippen LogP contribution in [0.25, 0.3) is 0 Å². The van der Waals surface area contributed by atoms with Gasteiger partial charge in [0.15, 0.2) is 0 Å². The highest BCUT2D eigenvalue weighted by atomic mass is 35.5. The van der Waals surface area contributed by atoms with Gasteiger partial charge in [-0.1, -0.05) is 23.7 Å². The van der Waals surface area contributed by atoms with Crippen molar-refractivity contribution in [2.24, 2.45) is 0 Å². The van der Waals surface area contributed by atoms with Gasteiger partial charge in [0.1, 0.15) is 0 Å². The van der Waals surface area contributed by atoms with Gasteiger partial charge in [-0.15, -0.1) is 0 Å². The Labute approximate surface area is 110 Å². The summed E-state index contributed by atoms with van der Waals surface area (Å²) in [5, 5.41) is 9.87. The van der Waals surface area contributed by atoms with Gasteiger partial charge in [0.25, 0.3) is 0 Å². The van der Waals surface area contributed by atoms with Crippen molar-refractivity contribution in [3.8, 4) is 0 Å². The summed E-state index contributed by atoms with van der Waals surface area (Å²) < 4.78 is 0. The van der Waals surface area contributed by atoms with Gasteiger partial charge in [0, 0.05) is 17.4 Å². The van der Waals surface area contributed by atoms with Crippen LogP contribution in [-0.2, 0) is 11.2 Å². The van der Waals surface area contributed by atoms with Crippen molar-refractivity contribution >= 4 is 17.6 Å². The second kappa shape index (κ2) is 5.65. The van der Waals surface area contributed by atoms with Crippen LogP contribution < -0.4 is 0 Å². The van der Waals surface area contributed by atoms with Crippen molar-refractivity contribution in [2.45, 2.75) is 12.3 Å². The molecule has 0 saturated heterocycles. The first-order valence-electron chi connectivity index (χ1n) is 5.54. The number of nitrogens with zero attached hydrogens (tertiary/aromatic N) is 1. The largest absolute Gasteiger partial charge is 0.481 e. The Hall–Kier alpha value is -1.87. The van der Waals surface area contributed by atoms with Crippen LogP contribution in [0.4, 0.5) is 0 Å². The quantitative estimate of drug-likeness (QED) is 0.920. The lowest BCUT2D eigenvalue weighted by Crippen LogP contribution is -2.14. The zero-order chi connectivity index (χ0) is 13.0. The molecule has 0 saturated carbocycles. The minimum absolute atomic E-state index is 0.429. The number of hydrogen-bond acceptors (Lipinski definition) is 2. The highest BCUT2D eigenvalue weighted by Gasteiger charge is 2.20. The maximum absolute atomic E-state index is 11.4. The summed E-state index contributed by atoms with van der Waals surface area (Å²) in [6.07, 6.45) is 3.75. The predicted molar refractivity (Wildman–Crippen MR) is 69.8 cm³/mol. The molecule has 1 aromatic carbocycles. The Bertz CT molecular complexity index is 543. The third-order valence-electron chi connectivity index (χ3n) is 2.74. The molecule has 0 bridgehead atoms. The normalized spacial score (nSPS) is 12.1. The fourth-order valence-corrected chi connectivity index (χ4v) is 2.02. The number of hydrogen-bond donors (Lipinski definition) is 1. The molecule has 0 amide bonds. The van der Waals surface area contributed by atoms with E-state index in [1.807, 2.05) is 12.1 Å². The average molecular weight is 262 g/mol. The van der Waals surface area contributed by atoms with Crippen molar-refractivity contribution in [2.75, 3.05) is 0 Å². The fraction of sp³-hybridized carbons (Fsp3) is 0.143. The van der Waals surface area contributed by atoms with Gasteiger partial charge in [-0.05, 0) is 41.8 Å². The van der Waals surface area contributed by atoms with Gasteiger partial charge in [0.05, 0.1) is 5.92 Å². The number of carboxylic acid groups (broad SMARTS) is 1. The maximum Gasteiger partial charge on any atom is 0.311 e. The molecule has 18 heavy (non-hydrogen) atoms. The van der Waals surface area contributed by atoms with E-state index in [4.69, 9.17) is 11.6 Å². The van der Waals surface area contributed by atoms with Gasteiger partial charge >= 0.3 is 5.97 Å². The lowest BCUT2D eigenvalue weighted by atomic mass is 9.92. The Kier molecular flexibility index (Phi) is 3.95. The van der Waals surface area contributed by atoms with Crippen LogP contribution in [0.1, 0.15) is 17.0 Å². The van der Waals surface area contributed by atoms with E-state index < -0.39 is 11.9 Å². The fourth-order valence-electron chi connectivity index (χ4n) is 1.83. The van der Waals surface area contributed by atoms with Crippen LogP contribution >= 0.6 is 11.6 Å². The first-order chi connectivity index (χ1) is 8.66. The SMILES string of the molecule is O=C(O)C(Cc1ccncc1)c1cccc(Cl)c1. The number of aliphatic carboxylic acids is 1. The minimum Gasteiger partial charge on any atom is -0.481 e. The van der Waals surface area contributed by atoms with Gasteiger partial charge in [0.2, 0.25) is 0 Å². The van der Waals surface area contributed by atoms with Gasteiger partial charge in [-0.25, -0.2) is 0 Å². The van der Waals surface area contributed by atoms with Gasteiger partial charge < -0.3 is 5.11 Å². The van der Waals surface area contributed by atoms with Crippen molar-refractivity contribution in [1.82, 2.24) is 4.98 Å². The summed E-state index contributed by atoms with van der Waals surface area (Å²) in [4.78, 5) is 15.3. The first-order valence-corrected chi connectivity index (χ1v) is 5.92. The Morgan fingerprint density at radius 2 is 2.00 bits per heavy atom. The molecular formula is C14H12ClNO2. The van der Waals surface area contributed by atoms with E-state index in [-0.39, 0.29) is 0 Å². The molecule has 1 heterocycles. The Morgan fingerprint density at radius 3 is 2.61 bits per heavy atom. The lowest BCUT2D eigenvalue weighted by Gasteiger charge is -2.13. The molecule has 0 spiro atoms. The predicted octanol–water partition coefficient (Wildman–Crippen LogP) is 3.15. The van der Waals surface area contributed by atoms with E-state index in [1.165, 1.54) is 0 Å². The summed E-state index contributed by atoms with van der Waals surface area (Å²) in [5.74, 6) is -1.44. The molecule has 1 N–H and O–H groups in total. The van der Waals surface area contributed by atoms with Crippen molar-refractivity contribution < 1.29 is 9.90 Å². The summed E-state index contributed by atoms with van der Waals surface area (Å²) in [5.41, 5.74) is 1.66. The Morgan fingerprint density at radius 1 is 1.28 bits per heavy atom. The molecular weight excluding hydrogens is 250 g/mol. The van der Waals surface area contributed by atoms with E-state index in [0.29, 0.717) is 17.0 Å². The molecule has 0 fully saturated rings. The van der Waals surface area contributed by atoms with E-state index in [2.05, 4.69) is 4.98 Å². The molecule has 3 nitrogen and oxygen atoms in total. The second-order valence-corrected chi connectivity index (χ2v) is 4.44. The third-order valence-corrected chi connectivity index (χ3v) is 2.97. The maximum atomic E-state index is 11.4. The number of pyridine rings is 1. The van der Waals surface area contributed by atoms with Gasteiger partial charge in [-0.2, -0.15) is 0 Å². The molecule has 1 aromatic heterocycles. The number of aromatic nitrogens is 1. The number of halogens is 1. The van der Waals surface area contributed by atoms with E-state index >= 15 is 0 Å². The minimum atomic E-state index is -0.853. The summed E-state index contributed by atoms with van der Waals surface area (Å²) in [6, 6.07) is 10.6. The molecule has 0 radical (unpaired) electrons. The standard InChI is InChI=1S/C14H12ClNO2/c15-12-3-1-2-11(9-12)13(14(17)18)8-10-4-6-16-7-5-10/h1-7,9,13H,8H2,(H,17,18). The number of benzene rings is 1. The highest BCUT2D eigenvalue weighted by Crippen LogP contribution is 2.23. The van der Waals surface area contributed by atoms with Crippen LogP contribution in [-0.4, -0.2) is 16.1 Å². The third kappa shape index (κ3) is 3.08. The van der Waals surface area contributed by atoms with E-state index in [1.54, 1.807) is 36.7 Å². The topological polar surface area (TPSA) is 50.2 Å². The molecule has 0 aliphatic rings. The molecule has 4 heteroatoms. The monoisotopic (exact) mass is 261 g/mol. The highest BCUT2D eigenvalue weighted by molar-refractivity contribution is 6.30. The zero-order valence-electron chi connectivity index (χ0n) is 9.58. The summed E-state index contributed by atoms with van der Waals surface area (Å²) in [7, 11) is 0. The van der Waals surface area contributed by atoms with Crippen molar-refractivity contribution in [3.63, 3.8) is 0 Å². The molecule has 2 rings (SSSR count). The Balaban J connectivity index is 2.27. The smallest absolute Gasteiger partial charge is 0.311 e. The molecule has 92 valence electrons. The van der Waals surface area contributed by atoms with Crippen molar-refractivity contribution in [1.29, 1.82) is 0 Å². The summed E-state index contributed by atoms with van der Waals surface area (Å²) in [6.45, 7) is 0. The van der Waals surface area contributed by atoms with Crippen LogP contribution in [0.3, 0.4) is 0 Å². The first kappa shape index (κ1) is 12.6. The lowest BCUT2D eigenvalue weighted by molar-refractivity contribution is -0.138. The average Bonchev–Trinajstić information content (AvgIpc) is 2.37. The summed E-state index contributed by atoms with van der Waals surface area (Å²) >= 11 is 5.89. The molecule has 2 aromatic rings. The second-order valence-electron chi connectivity index (χ2n) is 4.01. The molecule has 1 unspecified atom stereocenters. The molecule has 1 atom stereocenters. The van der Waals surface area contributed by atoms with Crippen LogP contribution in [0.5, 0.6) is 0 Å². The molecule has 0 aliphatic carbocycles. The van der Waals surface area contributed by atoms with Crippen LogP contribution in [0.2, 0.25) is 5.02 Å². The number of carbonyl (C=O) groups is 1. The molecule has 0 aliphatic heterocycles. The van der Waals surface area contributed by atoms with Crippen LogP contribution in [0, 0.1) is 0 Å². The number of rotatable bonds is 4. The van der Waals surface area contributed by atoms with Crippen molar-refractivity contribution in [3.05, 3.63) is 64.9 Å². The number of carboxylic acids is 1.